The monoisotopic (exact) mass is 420 g/mol. The molecule has 0 bridgehead atoms. The molecular formula is C22H29ClN2O4. The molecule has 1 saturated heterocycles. The number of esters is 1. The molecule has 0 saturated carbocycles. The lowest BCUT2D eigenvalue weighted by Crippen LogP contribution is -2.47. The smallest absolute Gasteiger partial charge is 0.337 e. The number of morpholine rings is 1. The van der Waals surface area contributed by atoms with E-state index in [0.717, 1.165) is 31.1 Å². The van der Waals surface area contributed by atoms with E-state index in [1.807, 2.05) is 36.4 Å². The third-order valence-corrected chi connectivity index (χ3v) is 5.02. The van der Waals surface area contributed by atoms with E-state index in [2.05, 4.69) is 23.2 Å². The zero-order chi connectivity index (χ0) is 19.9. The van der Waals surface area contributed by atoms with Crippen molar-refractivity contribution in [1.82, 2.24) is 5.32 Å². The molecule has 2 atom stereocenters. The predicted octanol–water partition coefficient (Wildman–Crippen LogP) is 3.46. The first kappa shape index (κ1) is 23.0. The van der Waals surface area contributed by atoms with E-state index in [4.69, 9.17) is 14.2 Å². The molecule has 1 heterocycles. The number of halogens is 1. The molecule has 1 aliphatic rings. The van der Waals surface area contributed by atoms with Crippen LogP contribution in [-0.2, 0) is 9.47 Å². The summed E-state index contributed by atoms with van der Waals surface area (Å²) in [7, 11) is 3.08. The van der Waals surface area contributed by atoms with Gasteiger partial charge in [-0.1, -0.05) is 18.2 Å². The van der Waals surface area contributed by atoms with Crippen molar-refractivity contribution >= 4 is 24.1 Å². The van der Waals surface area contributed by atoms with Gasteiger partial charge in [0.25, 0.3) is 0 Å². The fourth-order valence-electron chi connectivity index (χ4n) is 3.36. The first-order valence-electron chi connectivity index (χ1n) is 9.53. The van der Waals surface area contributed by atoms with E-state index in [1.54, 1.807) is 13.2 Å². The minimum absolute atomic E-state index is 0. The number of nitrogens with zero attached hydrogens (tertiary/aromatic N) is 1. The lowest BCUT2D eigenvalue weighted by atomic mass is 10.1. The molecule has 158 valence electrons. The fourth-order valence-corrected chi connectivity index (χ4v) is 3.36. The summed E-state index contributed by atoms with van der Waals surface area (Å²) in [6.45, 7) is 5.10. The molecule has 2 aromatic rings. The van der Waals surface area contributed by atoms with Crippen LogP contribution in [0.3, 0.4) is 0 Å². The highest BCUT2D eigenvalue weighted by molar-refractivity contribution is 5.90. The second-order valence-corrected chi connectivity index (χ2v) is 6.89. The largest absolute Gasteiger partial charge is 0.497 e. The maximum atomic E-state index is 11.8. The van der Waals surface area contributed by atoms with E-state index in [0.29, 0.717) is 12.2 Å². The topological polar surface area (TPSA) is 60.0 Å². The van der Waals surface area contributed by atoms with Crippen LogP contribution >= 0.6 is 12.4 Å². The van der Waals surface area contributed by atoms with Crippen molar-refractivity contribution < 1.29 is 19.0 Å². The van der Waals surface area contributed by atoms with E-state index < -0.39 is 0 Å². The van der Waals surface area contributed by atoms with E-state index in [9.17, 15) is 4.79 Å². The summed E-state index contributed by atoms with van der Waals surface area (Å²) < 4.78 is 16.1. The molecule has 0 amide bonds. The van der Waals surface area contributed by atoms with Gasteiger partial charge in [-0.3, -0.25) is 0 Å². The number of rotatable bonds is 7. The Morgan fingerprint density at radius 1 is 1.24 bits per heavy atom. The number of anilines is 1. The molecule has 1 fully saturated rings. The molecule has 29 heavy (non-hydrogen) atoms. The summed E-state index contributed by atoms with van der Waals surface area (Å²) in [5.74, 6) is 0.539. The van der Waals surface area contributed by atoms with Gasteiger partial charge in [0.2, 0.25) is 0 Å². The van der Waals surface area contributed by atoms with Crippen LogP contribution < -0.4 is 15.0 Å². The van der Waals surface area contributed by atoms with Crippen LogP contribution in [0.25, 0.3) is 0 Å². The summed E-state index contributed by atoms with van der Waals surface area (Å²) in [5.41, 5.74) is 2.75. The van der Waals surface area contributed by atoms with Crippen LogP contribution in [0.5, 0.6) is 5.75 Å². The van der Waals surface area contributed by atoms with Gasteiger partial charge in [0, 0.05) is 31.4 Å². The molecule has 1 aliphatic heterocycles. The highest BCUT2D eigenvalue weighted by atomic mass is 35.5. The Labute approximate surface area is 178 Å². The Morgan fingerprint density at radius 2 is 2.03 bits per heavy atom. The molecule has 0 radical (unpaired) electrons. The Balaban J connectivity index is 0.00000300. The quantitative estimate of drug-likeness (QED) is 0.692. The fraction of sp³-hybridized carbons (Fsp3) is 0.409. The molecule has 7 heteroatoms. The second-order valence-electron chi connectivity index (χ2n) is 6.89. The van der Waals surface area contributed by atoms with Gasteiger partial charge in [0.15, 0.2) is 0 Å². The summed E-state index contributed by atoms with van der Waals surface area (Å²) >= 11 is 0. The van der Waals surface area contributed by atoms with Crippen molar-refractivity contribution in [3.63, 3.8) is 0 Å². The average Bonchev–Trinajstić information content (AvgIpc) is 2.77. The SMILES string of the molecule is COC(=O)c1cccc(N2CCOC(CN[C@H](C)c3cccc(OC)c3)C2)c1.Cl. The van der Waals surface area contributed by atoms with Crippen molar-refractivity contribution in [2.45, 2.75) is 19.1 Å². The van der Waals surface area contributed by atoms with Gasteiger partial charge in [-0.25, -0.2) is 4.79 Å². The number of ether oxygens (including phenoxy) is 3. The number of methoxy groups -OCH3 is 2. The van der Waals surface area contributed by atoms with Crippen molar-refractivity contribution in [1.29, 1.82) is 0 Å². The zero-order valence-corrected chi connectivity index (χ0v) is 17.9. The zero-order valence-electron chi connectivity index (χ0n) is 17.1. The molecule has 0 aromatic heterocycles. The number of carbonyl (C=O) groups excluding carboxylic acids is 1. The first-order valence-corrected chi connectivity index (χ1v) is 9.53. The van der Waals surface area contributed by atoms with Crippen molar-refractivity contribution in [3.8, 4) is 5.75 Å². The van der Waals surface area contributed by atoms with Crippen LogP contribution in [0.15, 0.2) is 48.5 Å². The second kappa shape index (κ2) is 11.0. The van der Waals surface area contributed by atoms with E-state index in [1.165, 1.54) is 12.7 Å². The summed E-state index contributed by atoms with van der Waals surface area (Å²) in [4.78, 5) is 14.0. The van der Waals surface area contributed by atoms with Crippen LogP contribution in [0.4, 0.5) is 5.69 Å². The van der Waals surface area contributed by atoms with Crippen molar-refractivity contribution in [2.24, 2.45) is 0 Å². The van der Waals surface area contributed by atoms with Gasteiger partial charge in [0.1, 0.15) is 5.75 Å². The number of benzene rings is 2. The number of hydrogen-bond donors (Lipinski definition) is 1. The van der Waals surface area contributed by atoms with Gasteiger partial charge in [-0.05, 0) is 42.8 Å². The highest BCUT2D eigenvalue weighted by Gasteiger charge is 2.22. The minimum atomic E-state index is -0.319. The standard InChI is InChI=1S/C22H28N2O4.ClH/c1-16(17-6-5-9-20(13-17)26-2)23-14-21-15-24(10-11-28-21)19-8-4-7-18(12-19)22(25)27-3;/h4-9,12-13,16,21,23H,10-11,14-15H2,1-3H3;1H/t16-,21?;/m1./s1. The molecule has 1 unspecified atom stereocenters. The van der Waals surface area contributed by atoms with Gasteiger partial charge in [-0.2, -0.15) is 0 Å². The number of nitrogens with one attached hydrogen (secondary N) is 1. The van der Waals surface area contributed by atoms with E-state index in [-0.39, 0.29) is 30.5 Å². The predicted molar refractivity (Wildman–Crippen MR) is 116 cm³/mol. The molecular weight excluding hydrogens is 392 g/mol. The molecule has 0 aliphatic carbocycles. The first-order chi connectivity index (χ1) is 13.6. The molecule has 3 rings (SSSR count). The van der Waals surface area contributed by atoms with E-state index >= 15 is 0 Å². The summed E-state index contributed by atoms with van der Waals surface area (Å²) in [6, 6.07) is 15.8. The average molecular weight is 421 g/mol. The maximum absolute atomic E-state index is 11.8. The Hall–Kier alpha value is -2.28. The van der Waals surface area contributed by atoms with Crippen LogP contribution in [0.1, 0.15) is 28.9 Å². The summed E-state index contributed by atoms with van der Waals surface area (Å²) in [6.07, 6.45) is 0.0728. The lowest BCUT2D eigenvalue weighted by Gasteiger charge is -2.35. The van der Waals surface area contributed by atoms with Gasteiger partial charge in [0.05, 0.1) is 32.5 Å². The van der Waals surface area contributed by atoms with Gasteiger partial charge >= 0.3 is 5.97 Å². The minimum Gasteiger partial charge on any atom is -0.497 e. The summed E-state index contributed by atoms with van der Waals surface area (Å²) in [5, 5.41) is 3.55. The third kappa shape index (κ3) is 6.10. The molecule has 1 N–H and O–H groups in total. The Morgan fingerprint density at radius 3 is 2.79 bits per heavy atom. The Bertz CT molecular complexity index is 802. The van der Waals surface area contributed by atoms with Crippen molar-refractivity contribution in [2.75, 3.05) is 45.4 Å². The van der Waals surface area contributed by atoms with Crippen LogP contribution in [0, 0.1) is 0 Å². The number of carbonyl (C=O) groups is 1. The molecule has 0 spiro atoms. The van der Waals surface area contributed by atoms with Crippen molar-refractivity contribution in [3.05, 3.63) is 59.7 Å². The maximum Gasteiger partial charge on any atom is 0.337 e. The Kier molecular flexibility index (Phi) is 8.76. The third-order valence-electron chi connectivity index (χ3n) is 5.02. The van der Waals surface area contributed by atoms with Gasteiger partial charge in [-0.15, -0.1) is 12.4 Å². The molecule has 6 nitrogen and oxygen atoms in total. The van der Waals surface area contributed by atoms with Crippen LogP contribution in [0.2, 0.25) is 0 Å². The normalized spacial score (nSPS) is 17.2. The van der Waals surface area contributed by atoms with Crippen LogP contribution in [-0.4, -0.2) is 52.5 Å². The molecule has 2 aromatic carbocycles. The number of hydrogen-bond acceptors (Lipinski definition) is 6. The lowest BCUT2D eigenvalue weighted by molar-refractivity contribution is 0.0394. The van der Waals surface area contributed by atoms with Gasteiger partial charge < -0.3 is 24.4 Å². The highest BCUT2D eigenvalue weighted by Crippen LogP contribution is 2.21.